The normalized spacial score (nSPS) is 50.5. The van der Waals surface area contributed by atoms with Crippen LogP contribution in [0.25, 0.3) is 0 Å². The molecular weight excluding hydrogens is 1860 g/mol. The first-order valence-electron chi connectivity index (χ1n) is 55.7. The molecule has 0 aromatic carbocycles. The summed E-state index contributed by atoms with van der Waals surface area (Å²) in [6.45, 7) is 21.1. The zero-order valence-corrected chi connectivity index (χ0v) is 86.6. The first-order chi connectivity index (χ1) is 67.5. The van der Waals surface area contributed by atoms with Gasteiger partial charge in [-0.1, -0.05) is 69.2 Å². The molecule has 0 heterocycles. The van der Waals surface area contributed by atoms with Crippen molar-refractivity contribution in [2.75, 3.05) is 0 Å². The molecule has 20 rings (SSSR count). The van der Waals surface area contributed by atoms with Crippen molar-refractivity contribution in [2.24, 2.45) is 184 Å². The van der Waals surface area contributed by atoms with E-state index in [4.69, 9.17) is 23.7 Å². The highest BCUT2D eigenvalue weighted by Crippen LogP contribution is 2.77. The van der Waals surface area contributed by atoms with E-state index in [2.05, 4.69) is 0 Å². The molecule has 144 heavy (non-hydrogen) atoms. The number of carbonyl (C=O) groups excluding carboxylic acids is 16. The monoisotopic (exact) mass is 2010 g/mol. The molecule has 0 spiro atoms. The van der Waals surface area contributed by atoms with Crippen LogP contribution < -0.4 is 0 Å². The molecule has 0 radical (unpaired) electrons. The average Bonchev–Trinajstić information content (AvgIpc) is 1.21. The molecule has 25 nitrogen and oxygen atoms in total. The second-order valence-corrected chi connectivity index (χ2v) is 53.9. The van der Waals surface area contributed by atoms with Gasteiger partial charge in [0.2, 0.25) is 0 Å². The SMILES string of the molecule is CC(=O)OC(CC(=O)OC1C[C@@]2(C)C(CCC3C4CC[C@H](C(=O)CC(OC(=O)CCC(=O)[C@H]5CCC6C7CCC8CC(=O)CC[C@]8(C)[C@]7(F)[C@@H](O)C[C@@]65C)(OC(=O)CCC(=O)[C@H]5CCC6C7CCC8CC(=O)CC[C@]8(C)[C@]7(F)[C@@H](O)C[C@@]65C)C(=O)OC5C[C@@]6(C)[C@H](CC[C@H]7[C@@H]8CC[C@H](C(C)=O)[C@@]8(C)CC(=O)[C@@H]76)CC5=O)[C@@]4(C)C[C@H](O)[C@]32F)CC1=O)C(=O)[C@H]1CCC2C3C[C@@H](F)C4CC(=O)CC[C@]4(C)C3[C@@H](O)C[C@@]21C. The lowest BCUT2D eigenvalue weighted by atomic mass is 9.42. The third kappa shape index (κ3) is 15.3. The lowest BCUT2D eigenvalue weighted by Gasteiger charge is -2.65. The van der Waals surface area contributed by atoms with E-state index in [0.29, 0.717) is 77.0 Å². The Balaban J connectivity index is 0.587. The average molecular weight is 2010 g/mol. The van der Waals surface area contributed by atoms with Gasteiger partial charge in [0.25, 0.3) is 0 Å². The van der Waals surface area contributed by atoms with Crippen molar-refractivity contribution < 1.29 is 138 Å². The summed E-state index contributed by atoms with van der Waals surface area (Å²) in [6.07, 6.45) is -10.1. The predicted molar refractivity (Wildman–Crippen MR) is 508 cm³/mol. The maximum absolute atomic E-state index is 20.0. The van der Waals surface area contributed by atoms with Crippen molar-refractivity contribution in [2.45, 2.75) is 431 Å². The minimum absolute atomic E-state index is 0.00278. The van der Waals surface area contributed by atoms with Gasteiger partial charge in [-0.3, -0.25) is 71.9 Å². The molecule has 20 fully saturated rings. The minimum Gasteiger partial charge on any atom is -0.454 e. The van der Waals surface area contributed by atoms with Crippen LogP contribution in [0.3, 0.4) is 0 Å². The van der Waals surface area contributed by atoms with Crippen LogP contribution in [-0.4, -0.2) is 186 Å². The molecule has 4 N–H and O–H groups in total. The second kappa shape index (κ2) is 36.0. The number of halogens is 4. The van der Waals surface area contributed by atoms with Crippen molar-refractivity contribution >= 4 is 93.5 Å². The number of rotatable bonds is 22. The summed E-state index contributed by atoms with van der Waals surface area (Å²) in [4.78, 5) is 235. The summed E-state index contributed by atoms with van der Waals surface area (Å²) < 4.78 is 105. The number of hydrogen-bond donors (Lipinski definition) is 4. The highest BCUT2D eigenvalue weighted by Gasteiger charge is 2.79. The van der Waals surface area contributed by atoms with Gasteiger partial charge in [0, 0.05) is 142 Å². The number of hydrogen-bond acceptors (Lipinski definition) is 25. The third-order valence-corrected chi connectivity index (χ3v) is 48.2. The van der Waals surface area contributed by atoms with Gasteiger partial charge >= 0.3 is 35.6 Å². The fourth-order valence-electron chi connectivity index (χ4n) is 41.2. The van der Waals surface area contributed by atoms with Crippen LogP contribution in [0.1, 0.15) is 359 Å². The van der Waals surface area contributed by atoms with Gasteiger partial charge < -0.3 is 44.1 Å². The van der Waals surface area contributed by atoms with Crippen LogP contribution in [0.5, 0.6) is 0 Å². The van der Waals surface area contributed by atoms with Crippen LogP contribution in [-0.2, 0) is 100 Å². The van der Waals surface area contributed by atoms with E-state index in [1.54, 1.807) is 20.8 Å². The Morgan fingerprint density at radius 2 is 0.812 bits per heavy atom. The lowest BCUT2D eigenvalue weighted by Crippen LogP contribution is -2.70. The van der Waals surface area contributed by atoms with Gasteiger partial charge in [-0.25, -0.2) is 22.4 Å². The molecule has 0 amide bonds. The second-order valence-electron chi connectivity index (χ2n) is 53.9. The zero-order chi connectivity index (χ0) is 103. The molecule has 29 heteroatoms. The molecule has 0 aliphatic heterocycles. The number of Topliss-reactive ketones (excluding diaryl/α,β-unsaturated/α-hetero) is 11. The Hall–Kier alpha value is -6.72. The quantitative estimate of drug-likeness (QED) is 0.0338. The Kier molecular flexibility index (Phi) is 26.1. The predicted octanol–water partition coefficient (Wildman–Crippen LogP) is 16.4. The van der Waals surface area contributed by atoms with Crippen molar-refractivity contribution in [1.29, 1.82) is 0 Å². The molecule has 16 unspecified atom stereocenters. The van der Waals surface area contributed by atoms with E-state index in [-0.39, 0.29) is 224 Å². The van der Waals surface area contributed by atoms with E-state index in [1.165, 1.54) is 0 Å². The highest BCUT2D eigenvalue weighted by molar-refractivity contribution is 5.98. The van der Waals surface area contributed by atoms with Crippen LogP contribution in [0.15, 0.2) is 0 Å². The molecule has 0 aromatic heterocycles. The maximum Gasteiger partial charge on any atom is 0.394 e. The summed E-state index contributed by atoms with van der Waals surface area (Å²) in [6, 6.07) is 0. The van der Waals surface area contributed by atoms with E-state index >= 15 is 60.7 Å². The molecule has 0 saturated heterocycles. The Morgan fingerprint density at radius 3 is 1.32 bits per heavy atom. The van der Waals surface area contributed by atoms with Gasteiger partial charge in [-0.15, -0.1) is 0 Å². The third-order valence-electron chi connectivity index (χ3n) is 48.2. The number of esters is 5. The fraction of sp³-hybridized carbons (Fsp3) is 0.861. The standard InChI is InChI=1S/C115H156F4O25/c1-56(120)67-21-22-68-65-17-13-58-43-84(127)90(51-103(58,4)98(65)87(130)48-104(67,68)5)142-101(139)112(143-95(135)33-31-82(125)76-27-24-70-73-18-14-59-41-62(122)36-39-109(59,10)113(73,117)92(132)53-106(70,76)7,144-96(136)34-32-83(126)77-28-25-71-74-19-15-60-42-63(123)37-40-110(60,11)114(74,118)93(133)54-107(71,77)8)50-86(129)78-29-26-72-75-20-16-61-44-85(128)91(52-111(61,12)115(75,119)94(134)55-108(72,78)9)141-97(137)47-89(140-57(2)121)100(138)79-30-23-69-66-46-81(116)80-45-64(124)35-38-102(80,3)99(66)88(131)49-105(69,79)6/h58-61,65-81,88-94,98-99,131-134H,13-55H2,1-12H3/t58-,59?,60?,61?,65+,66?,67-,68+,69?,70?,71?,72?,73?,74?,75?,76-,77-,78-,79-,80?,81-,88+,89?,90?,91?,92+,93+,94+,98-,99?,102+,103+,104-,105+,106+,107+,108+,109+,110+,111+,112?,113-,114-,115-/m1/s1. The first kappa shape index (κ1) is 104. The van der Waals surface area contributed by atoms with E-state index in [0.717, 1.165) is 6.92 Å². The zero-order valence-electron chi connectivity index (χ0n) is 86.6. The minimum atomic E-state index is -3.52. The Bertz CT molecular complexity index is 5220. The number of aliphatic hydroxyl groups excluding tert-OH is 4. The van der Waals surface area contributed by atoms with Crippen molar-refractivity contribution in [1.82, 2.24) is 0 Å². The molecule has 0 aromatic rings. The van der Waals surface area contributed by atoms with Crippen molar-refractivity contribution in [3.05, 3.63) is 0 Å². The smallest absolute Gasteiger partial charge is 0.394 e. The van der Waals surface area contributed by atoms with Crippen LogP contribution >= 0.6 is 0 Å². The van der Waals surface area contributed by atoms with E-state index < -0.39 is 325 Å². The van der Waals surface area contributed by atoms with Gasteiger partial charge in [0.05, 0.1) is 50.1 Å². The summed E-state index contributed by atoms with van der Waals surface area (Å²) in [7, 11) is 0. The Morgan fingerprint density at radius 1 is 0.389 bits per heavy atom. The van der Waals surface area contributed by atoms with E-state index in [1.807, 2.05) is 55.4 Å². The fourth-order valence-corrected chi connectivity index (χ4v) is 41.2. The number of alkyl halides is 4. The molecule has 20 aliphatic carbocycles. The molecular formula is C115H156F4O25. The van der Waals surface area contributed by atoms with Crippen LogP contribution in [0.2, 0.25) is 0 Å². The van der Waals surface area contributed by atoms with Gasteiger partial charge in [-0.2, -0.15) is 0 Å². The molecule has 0 bridgehead atoms. The van der Waals surface area contributed by atoms with Gasteiger partial charge in [0.1, 0.15) is 69.4 Å². The first-order valence-corrected chi connectivity index (χ1v) is 55.7. The topological polar surface area (TPSA) is 400 Å². The maximum atomic E-state index is 20.0. The molecule has 43 atom stereocenters. The number of carbonyl (C=O) groups is 16. The van der Waals surface area contributed by atoms with Gasteiger partial charge in [-0.05, 0) is 307 Å². The highest BCUT2D eigenvalue weighted by atomic mass is 19.2. The summed E-state index contributed by atoms with van der Waals surface area (Å²) in [5, 5.41) is 50.1. The summed E-state index contributed by atoms with van der Waals surface area (Å²) in [5.74, 6) is -25.9. The van der Waals surface area contributed by atoms with Crippen molar-refractivity contribution in [3.8, 4) is 0 Å². The van der Waals surface area contributed by atoms with Crippen LogP contribution in [0, 0.1) is 184 Å². The Labute approximate surface area is 842 Å². The summed E-state index contributed by atoms with van der Waals surface area (Å²) >= 11 is 0. The molecule has 20 aliphatic rings. The van der Waals surface area contributed by atoms with Crippen molar-refractivity contribution in [3.63, 3.8) is 0 Å². The number of fused-ring (bicyclic) bond motifs is 25. The number of aliphatic hydroxyl groups is 4. The summed E-state index contributed by atoms with van der Waals surface area (Å²) in [5.41, 5.74) is -17.1. The number of ketones is 11. The molecule has 20 saturated carbocycles. The lowest BCUT2D eigenvalue weighted by molar-refractivity contribution is -0.252. The molecule has 794 valence electrons. The van der Waals surface area contributed by atoms with Gasteiger partial charge in [0.15, 0.2) is 35.7 Å². The van der Waals surface area contributed by atoms with E-state index in [9.17, 15) is 54.0 Å². The van der Waals surface area contributed by atoms with Crippen LogP contribution in [0.4, 0.5) is 17.6 Å². The number of ether oxygens (including phenoxy) is 5. The largest absolute Gasteiger partial charge is 0.454 e.